The third-order valence-electron chi connectivity index (χ3n) is 3.42. The lowest BCUT2D eigenvalue weighted by atomic mass is 9.90. The molecule has 0 fully saturated rings. The van der Waals surface area contributed by atoms with E-state index < -0.39 is 11.7 Å². The number of aliphatic hydroxyl groups excluding tert-OH is 1. The molecule has 0 saturated heterocycles. The first-order valence-electron chi connectivity index (χ1n) is 5.90. The zero-order chi connectivity index (χ0) is 12.9. The van der Waals surface area contributed by atoms with Crippen LogP contribution in [-0.2, 0) is 6.42 Å². The molecule has 4 heteroatoms. The van der Waals surface area contributed by atoms with Gasteiger partial charge in [0.1, 0.15) is 16.9 Å². The number of hydrogen-bond donors (Lipinski definition) is 1. The van der Waals surface area contributed by atoms with E-state index in [0.29, 0.717) is 17.8 Å². The van der Waals surface area contributed by atoms with Crippen molar-refractivity contribution in [3.8, 4) is 5.75 Å². The summed E-state index contributed by atoms with van der Waals surface area (Å²) in [5, 5.41) is 10.8. The summed E-state index contributed by atoms with van der Waals surface area (Å²) in [7, 11) is 0. The summed E-state index contributed by atoms with van der Waals surface area (Å²) in [4.78, 5) is 11.2. The number of aliphatic hydroxyl groups is 1. The highest BCUT2D eigenvalue weighted by Gasteiger charge is 2.36. The second-order valence-electron chi connectivity index (χ2n) is 5.15. The van der Waals surface area contributed by atoms with Gasteiger partial charge in [-0.2, -0.15) is 0 Å². The SMILES string of the molecule is CC1(C)Oc2c(ccc3oc(=O)ccc23)C[C@H]1O. The van der Waals surface area contributed by atoms with E-state index in [2.05, 4.69) is 0 Å². The molecule has 1 atom stereocenters. The summed E-state index contributed by atoms with van der Waals surface area (Å²) in [6.45, 7) is 3.69. The lowest BCUT2D eigenvalue weighted by molar-refractivity contribution is -0.0400. The van der Waals surface area contributed by atoms with E-state index >= 15 is 0 Å². The summed E-state index contributed by atoms with van der Waals surface area (Å²) in [5.74, 6) is 0.701. The Hall–Kier alpha value is -1.81. The van der Waals surface area contributed by atoms with Crippen LogP contribution >= 0.6 is 0 Å². The van der Waals surface area contributed by atoms with Gasteiger partial charge in [-0.1, -0.05) is 6.07 Å². The predicted molar refractivity (Wildman–Crippen MR) is 66.9 cm³/mol. The van der Waals surface area contributed by atoms with Crippen molar-refractivity contribution in [2.45, 2.75) is 32.0 Å². The predicted octanol–water partition coefficient (Wildman–Crippen LogP) is 1.87. The van der Waals surface area contributed by atoms with Crippen molar-refractivity contribution in [2.75, 3.05) is 0 Å². The van der Waals surface area contributed by atoms with E-state index in [1.807, 2.05) is 19.9 Å². The van der Waals surface area contributed by atoms with Gasteiger partial charge in [0.2, 0.25) is 0 Å². The smallest absolute Gasteiger partial charge is 0.336 e. The third kappa shape index (κ3) is 1.61. The molecule has 1 aromatic heterocycles. The van der Waals surface area contributed by atoms with E-state index in [0.717, 1.165) is 10.9 Å². The van der Waals surface area contributed by atoms with Crippen molar-refractivity contribution in [1.29, 1.82) is 0 Å². The number of hydrogen-bond acceptors (Lipinski definition) is 4. The molecule has 4 nitrogen and oxygen atoms in total. The fourth-order valence-electron chi connectivity index (χ4n) is 2.23. The van der Waals surface area contributed by atoms with Gasteiger partial charge in [0.25, 0.3) is 0 Å². The van der Waals surface area contributed by atoms with Crippen molar-refractivity contribution >= 4 is 11.0 Å². The minimum absolute atomic E-state index is 0.377. The fourth-order valence-corrected chi connectivity index (χ4v) is 2.23. The Balaban J connectivity index is 2.26. The Morgan fingerprint density at radius 3 is 2.83 bits per heavy atom. The summed E-state index contributed by atoms with van der Waals surface area (Å²) in [5.41, 5.74) is 0.423. The minimum Gasteiger partial charge on any atom is -0.484 e. The quantitative estimate of drug-likeness (QED) is 0.721. The fraction of sp³-hybridized carbons (Fsp3) is 0.357. The Morgan fingerprint density at radius 1 is 1.28 bits per heavy atom. The number of fused-ring (bicyclic) bond motifs is 3. The second-order valence-corrected chi connectivity index (χ2v) is 5.15. The maximum atomic E-state index is 11.2. The van der Waals surface area contributed by atoms with Crippen LogP contribution in [0.5, 0.6) is 5.75 Å². The lowest BCUT2D eigenvalue weighted by Crippen LogP contribution is -2.46. The first kappa shape index (κ1) is 11.3. The monoisotopic (exact) mass is 246 g/mol. The van der Waals surface area contributed by atoms with Gasteiger partial charge in [-0.15, -0.1) is 0 Å². The van der Waals surface area contributed by atoms with Crippen LogP contribution in [0.15, 0.2) is 33.5 Å². The van der Waals surface area contributed by atoms with Crippen LogP contribution in [0.2, 0.25) is 0 Å². The highest BCUT2D eigenvalue weighted by Crippen LogP contribution is 2.38. The van der Waals surface area contributed by atoms with Gasteiger partial charge in [0, 0.05) is 12.5 Å². The van der Waals surface area contributed by atoms with E-state index in [4.69, 9.17) is 9.15 Å². The molecule has 0 spiro atoms. The molecule has 1 N–H and O–H groups in total. The van der Waals surface area contributed by atoms with E-state index in [9.17, 15) is 9.90 Å². The molecule has 1 aromatic carbocycles. The van der Waals surface area contributed by atoms with Crippen molar-refractivity contribution in [2.24, 2.45) is 0 Å². The molecule has 2 heterocycles. The lowest BCUT2D eigenvalue weighted by Gasteiger charge is -2.37. The Kier molecular flexibility index (Phi) is 2.25. The molecule has 0 saturated carbocycles. The van der Waals surface area contributed by atoms with Crippen molar-refractivity contribution in [1.82, 2.24) is 0 Å². The topological polar surface area (TPSA) is 59.7 Å². The average Bonchev–Trinajstić information content (AvgIpc) is 2.30. The number of ether oxygens (including phenoxy) is 1. The van der Waals surface area contributed by atoms with Crippen molar-refractivity contribution in [3.05, 3.63) is 40.2 Å². The summed E-state index contributed by atoms with van der Waals surface area (Å²) < 4.78 is 11.0. The largest absolute Gasteiger partial charge is 0.484 e. The molecule has 0 aliphatic carbocycles. The van der Waals surface area contributed by atoms with Crippen LogP contribution in [0.25, 0.3) is 11.0 Å². The van der Waals surface area contributed by atoms with Gasteiger partial charge < -0.3 is 14.3 Å². The standard InChI is InChI=1S/C14H14O4/c1-14(2)11(15)7-8-3-5-10-9(13(8)18-14)4-6-12(16)17-10/h3-6,11,15H,7H2,1-2H3/t11-/m1/s1. The molecule has 0 bridgehead atoms. The molecular formula is C14H14O4. The van der Waals surface area contributed by atoms with Gasteiger partial charge in [-0.3, -0.25) is 0 Å². The van der Waals surface area contributed by atoms with Crippen molar-refractivity contribution in [3.63, 3.8) is 0 Å². The van der Waals surface area contributed by atoms with Crippen molar-refractivity contribution < 1.29 is 14.3 Å². The first-order valence-corrected chi connectivity index (χ1v) is 5.90. The zero-order valence-corrected chi connectivity index (χ0v) is 10.3. The molecule has 3 rings (SSSR count). The molecule has 2 aromatic rings. The number of benzene rings is 1. The third-order valence-corrected chi connectivity index (χ3v) is 3.42. The molecule has 18 heavy (non-hydrogen) atoms. The zero-order valence-electron chi connectivity index (χ0n) is 10.3. The molecule has 0 radical (unpaired) electrons. The summed E-state index contributed by atoms with van der Waals surface area (Å²) >= 11 is 0. The van der Waals surface area contributed by atoms with Gasteiger partial charge in [-0.25, -0.2) is 4.79 Å². The van der Waals surface area contributed by atoms with Gasteiger partial charge in [0.15, 0.2) is 0 Å². The normalized spacial score (nSPS) is 21.4. The molecule has 1 aliphatic heterocycles. The maximum Gasteiger partial charge on any atom is 0.336 e. The molecule has 0 unspecified atom stereocenters. The van der Waals surface area contributed by atoms with E-state index in [1.54, 1.807) is 12.1 Å². The van der Waals surface area contributed by atoms with Crippen LogP contribution in [0.3, 0.4) is 0 Å². The van der Waals surface area contributed by atoms with Crippen LogP contribution in [-0.4, -0.2) is 16.8 Å². The first-order chi connectivity index (χ1) is 8.47. The molecular weight excluding hydrogens is 232 g/mol. The molecule has 0 amide bonds. The van der Waals surface area contributed by atoms with Crippen LogP contribution in [0.4, 0.5) is 0 Å². The van der Waals surface area contributed by atoms with E-state index in [1.165, 1.54) is 6.07 Å². The maximum absolute atomic E-state index is 11.2. The highest BCUT2D eigenvalue weighted by atomic mass is 16.5. The van der Waals surface area contributed by atoms with Gasteiger partial charge in [-0.05, 0) is 31.5 Å². The van der Waals surface area contributed by atoms with Crippen LogP contribution in [0, 0.1) is 0 Å². The van der Waals surface area contributed by atoms with Crippen LogP contribution in [0.1, 0.15) is 19.4 Å². The van der Waals surface area contributed by atoms with E-state index in [-0.39, 0.29) is 5.63 Å². The Morgan fingerprint density at radius 2 is 2.06 bits per heavy atom. The molecule has 1 aliphatic rings. The second kappa shape index (κ2) is 3.59. The van der Waals surface area contributed by atoms with Gasteiger partial charge in [0.05, 0.1) is 11.5 Å². The Bertz CT molecular complexity index is 669. The molecule has 94 valence electrons. The summed E-state index contributed by atoms with van der Waals surface area (Å²) in [6.07, 6.45) is -0.00427. The summed E-state index contributed by atoms with van der Waals surface area (Å²) in [6, 6.07) is 6.65. The Labute approximate surface area is 104 Å². The average molecular weight is 246 g/mol. The van der Waals surface area contributed by atoms with Crippen LogP contribution < -0.4 is 10.4 Å². The van der Waals surface area contributed by atoms with Gasteiger partial charge >= 0.3 is 5.63 Å². The highest BCUT2D eigenvalue weighted by molar-refractivity contribution is 5.85. The number of rotatable bonds is 0. The minimum atomic E-state index is -0.641.